The summed E-state index contributed by atoms with van der Waals surface area (Å²) < 4.78 is 3.81. The molecule has 5 heteroatoms. The van der Waals surface area contributed by atoms with Gasteiger partial charge in [0.15, 0.2) is 0 Å². The minimum atomic E-state index is -0.874. The van der Waals surface area contributed by atoms with E-state index in [0.29, 0.717) is 12.2 Å². The Morgan fingerprint density at radius 1 is 1.16 bits per heavy atom. The molecule has 3 rings (SSSR count). The third-order valence-corrected chi connectivity index (χ3v) is 4.46. The Labute approximate surface area is 147 Å². The molecule has 0 fully saturated rings. The molecule has 2 heterocycles. The highest BCUT2D eigenvalue weighted by atomic mass is 16.4. The van der Waals surface area contributed by atoms with Gasteiger partial charge in [0.05, 0.1) is 12.7 Å². The van der Waals surface area contributed by atoms with Gasteiger partial charge in [-0.2, -0.15) is 5.10 Å². The summed E-state index contributed by atoms with van der Waals surface area (Å²) in [5.41, 5.74) is 5.97. The number of hydrogen-bond acceptors (Lipinski definition) is 2. The number of benzene rings is 1. The summed E-state index contributed by atoms with van der Waals surface area (Å²) in [5.74, 6) is -0.874. The summed E-state index contributed by atoms with van der Waals surface area (Å²) in [6, 6.07) is 10.2. The number of carbonyl (C=O) groups is 1. The maximum Gasteiger partial charge on any atom is 0.352 e. The zero-order valence-electron chi connectivity index (χ0n) is 14.9. The van der Waals surface area contributed by atoms with E-state index >= 15 is 0 Å². The van der Waals surface area contributed by atoms with Crippen LogP contribution in [0.15, 0.2) is 42.7 Å². The standard InChI is InChI=1S/C20H23N3O2/c1-4-23-18(15(3)9-19(23)20(24)25)10-16-5-7-17(8-6-16)13-22-12-14(2)11-21-22/h5-9,11-12H,4,10,13H2,1-3H3,(H,24,25). The van der Waals surface area contributed by atoms with Crippen LogP contribution < -0.4 is 0 Å². The highest BCUT2D eigenvalue weighted by Crippen LogP contribution is 2.20. The summed E-state index contributed by atoms with van der Waals surface area (Å²) in [6.07, 6.45) is 4.61. The maximum absolute atomic E-state index is 11.4. The fourth-order valence-corrected chi connectivity index (χ4v) is 3.19. The predicted octanol–water partition coefficient (Wildman–Crippen LogP) is 3.66. The Hall–Kier alpha value is -2.82. The van der Waals surface area contributed by atoms with Gasteiger partial charge in [0.1, 0.15) is 5.69 Å². The minimum absolute atomic E-state index is 0.362. The van der Waals surface area contributed by atoms with Crippen molar-refractivity contribution in [2.75, 3.05) is 0 Å². The van der Waals surface area contributed by atoms with Gasteiger partial charge in [-0.15, -0.1) is 0 Å². The lowest BCUT2D eigenvalue weighted by Gasteiger charge is -2.11. The largest absolute Gasteiger partial charge is 0.477 e. The molecule has 0 bridgehead atoms. The molecule has 1 N–H and O–H groups in total. The lowest BCUT2D eigenvalue weighted by atomic mass is 10.1. The van der Waals surface area contributed by atoms with E-state index in [1.165, 1.54) is 11.1 Å². The quantitative estimate of drug-likeness (QED) is 0.747. The van der Waals surface area contributed by atoms with Crippen molar-refractivity contribution < 1.29 is 9.90 Å². The molecular weight excluding hydrogens is 314 g/mol. The second-order valence-electron chi connectivity index (χ2n) is 6.42. The molecule has 3 aromatic rings. The van der Waals surface area contributed by atoms with Crippen molar-refractivity contribution in [3.63, 3.8) is 0 Å². The van der Waals surface area contributed by atoms with Crippen molar-refractivity contribution in [2.45, 2.75) is 40.3 Å². The topological polar surface area (TPSA) is 60.1 Å². The third-order valence-electron chi connectivity index (χ3n) is 4.46. The Morgan fingerprint density at radius 2 is 1.84 bits per heavy atom. The molecule has 0 aliphatic heterocycles. The molecule has 5 nitrogen and oxygen atoms in total. The van der Waals surface area contributed by atoms with Crippen molar-refractivity contribution in [1.29, 1.82) is 0 Å². The first-order chi connectivity index (χ1) is 12.0. The molecule has 0 saturated heterocycles. The molecule has 0 spiro atoms. The van der Waals surface area contributed by atoms with Crippen LogP contribution >= 0.6 is 0 Å². The number of rotatable bonds is 6. The zero-order valence-corrected chi connectivity index (χ0v) is 14.9. The van der Waals surface area contributed by atoms with Crippen molar-refractivity contribution in [1.82, 2.24) is 14.3 Å². The zero-order chi connectivity index (χ0) is 18.0. The number of aryl methyl sites for hydroxylation is 2. The second kappa shape index (κ2) is 6.97. The Bertz CT molecular complexity index is 888. The smallest absolute Gasteiger partial charge is 0.352 e. The van der Waals surface area contributed by atoms with Crippen LogP contribution in [0.25, 0.3) is 0 Å². The van der Waals surface area contributed by atoms with Gasteiger partial charge in [-0.3, -0.25) is 4.68 Å². The fourth-order valence-electron chi connectivity index (χ4n) is 3.19. The van der Waals surface area contributed by atoms with Gasteiger partial charge in [-0.1, -0.05) is 24.3 Å². The molecule has 0 saturated carbocycles. The van der Waals surface area contributed by atoms with Gasteiger partial charge in [-0.05, 0) is 49.1 Å². The van der Waals surface area contributed by atoms with Crippen molar-refractivity contribution in [3.05, 3.63) is 76.4 Å². The van der Waals surface area contributed by atoms with Crippen molar-refractivity contribution in [3.8, 4) is 0 Å². The van der Waals surface area contributed by atoms with Gasteiger partial charge in [0.2, 0.25) is 0 Å². The first-order valence-corrected chi connectivity index (χ1v) is 8.47. The van der Waals surface area contributed by atoms with Crippen LogP contribution in [0.3, 0.4) is 0 Å². The highest BCUT2D eigenvalue weighted by Gasteiger charge is 2.16. The average molecular weight is 337 g/mol. The molecule has 1 aromatic carbocycles. The molecule has 2 aromatic heterocycles. The van der Waals surface area contributed by atoms with E-state index in [1.807, 2.05) is 42.4 Å². The first-order valence-electron chi connectivity index (χ1n) is 8.47. The molecule has 0 aliphatic carbocycles. The number of nitrogens with zero attached hydrogens (tertiary/aromatic N) is 3. The SMILES string of the molecule is CCn1c(C(=O)O)cc(C)c1Cc1ccc(Cn2cc(C)cn2)cc1. The number of carboxylic acid groups (broad SMARTS) is 1. The molecule has 0 unspecified atom stereocenters. The Balaban J connectivity index is 1.79. The van der Waals surface area contributed by atoms with Crippen LogP contribution in [0.2, 0.25) is 0 Å². The van der Waals surface area contributed by atoms with Crippen LogP contribution in [-0.2, 0) is 19.5 Å². The minimum Gasteiger partial charge on any atom is -0.477 e. The number of carboxylic acids is 1. The van der Waals surface area contributed by atoms with Crippen LogP contribution in [0.4, 0.5) is 0 Å². The maximum atomic E-state index is 11.4. The molecule has 130 valence electrons. The molecule has 25 heavy (non-hydrogen) atoms. The second-order valence-corrected chi connectivity index (χ2v) is 6.42. The number of aromatic carboxylic acids is 1. The molecule has 0 atom stereocenters. The van der Waals surface area contributed by atoms with Crippen LogP contribution in [0.1, 0.15) is 45.4 Å². The molecule has 0 radical (unpaired) electrons. The van der Waals surface area contributed by atoms with Gasteiger partial charge >= 0.3 is 5.97 Å². The normalized spacial score (nSPS) is 11.0. The van der Waals surface area contributed by atoms with Crippen molar-refractivity contribution in [2.24, 2.45) is 0 Å². The van der Waals surface area contributed by atoms with Gasteiger partial charge < -0.3 is 9.67 Å². The summed E-state index contributed by atoms with van der Waals surface area (Å²) in [4.78, 5) is 11.4. The average Bonchev–Trinajstić information content (AvgIpc) is 3.13. The van der Waals surface area contributed by atoms with E-state index in [4.69, 9.17) is 0 Å². The predicted molar refractivity (Wildman–Crippen MR) is 97.1 cm³/mol. The third kappa shape index (κ3) is 3.65. The molecular formula is C20H23N3O2. The van der Waals surface area contributed by atoms with E-state index in [-0.39, 0.29) is 0 Å². The molecule has 0 aliphatic rings. The van der Waals surface area contributed by atoms with E-state index in [0.717, 1.165) is 29.8 Å². The van der Waals surface area contributed by atoms with Gasteiger partial charge in [0, 0.05) is 24.9 Å². The summed E-state index contributed by atoms with van der Waals surface area (Å²) in [6.45, 7) is 7.39. The fraction of sp³-hybridized carbons (Fsp3) is 0.300. The van der Waals surface area contributed by atoms with E-state index in [2.05, 4.69) is 29.4 Å². The molecule has 0 amide bonds. The van der Waals surface area contributed by atoms with E-state index in [1.54, 1.807) is 6.07 Å². The van der Waals surface area contributed by atoms with Gasteiger partial charge in [0.25, 0.3) is 0 Å². The number of hydrogen-bond donors (Lipinski definition) is 1. The van der Waals surface area contributed by atoms with Crippen LogP contribution in [0, 0.1) is 13.8 Å². The van der Waals surface area contributed by atoms with Crippen LogP contribution in [0.5, 0.6) is 0 Å². The monoisotopic (exact) mass is 337 g/mol. The lowest BCUT2D eigenvalue weighted by molar-refractivity contribution is 0.0685. The Kier molecular flexibility index (Phi) is 4.74. The van der Waals surface area contributed by atoms with Crippen molar-refractivity contribution >= 4 is 5.97 Å². The first kappa shape index (κ1) is 17.0. The Morgan fingerprint density at radius 3 is 2.40 bits per heavy atom. The van der Waals surface area contributed by atoms with E-state index in [9.17, 15) is 9.90 Å². The lowest BCUT2D eigenvalue weighted by Crippen LogP contribution is -2.10. The summed E-state index contributed by atoms with van der Waals surface area (Å²) in [5, 5.41) is 13.7. The van der Waals surface area contributed by atoms with E-state index < -0.39 is 5.97 Å². The summed E-state index contributed by atoms with van der Waals surface area (Å²) >= 11 is 0. The number of aromatic nitrogens is 3. The highest BCUT2D eigenvalue weighted by molar-refractivity contribution is 5.86. The summed E-state index contributed by atoms with van der Waals surface area (Å²) in [7, 11) is 0. The van der Waals surface area contributed by atoms with Gasteiger partial charge in [-0.25, -0.2) is 4.79 Å². The van der Waals surface area contributed by atoms with Crippen LogP contribution in [-0.4, -0.2) is 25.4 Å².